The first kappa shape index (κ1) is 18.7. The van der Waals surface area contributed by atoms with Gasteiger partial charge in [-0.05, 0) is 23.8 Å². The number of aromatic amines is 1. The van der Waals surface area contributed by atoms with Crippen LogP contribution >= 0.6 is 0 Å². The summed E-state index contributed by atoms with van der Waals surface area (Å²) in [6.07, 6.45) is 0. The highest BCUT2D eigenvalue weighted by atomic mass is 16.6. The Bertz CT molecular complexity index is 1150. The molecule has 1 aromatic heterocycles. The van der Waals surface area contributed by atoms with Crippen molar-refractivity contribution in [3.05, 3.63) is 70.0 Å². The van der Waals surface area contributed by atoms with Crippen molar-refractivity contribution in [2.24, 2.45) is 0 Å². The molecule has 2 aliphatic rings. The number of pyridine rings is 1. The van der Waals surface area contributed by atoms with Gasteiger partial charge in [0.25, 0.3) is 5.91 Å². The lowest BCUT2D eigenvalue weighted by molar-refractivity contribution is 0.0630. The van der Waals surface area contributed by atoms with Gasteiger partial charge in [-0.3, -0.25) is 14.5 Å². The van der Waals surface area contributed by atoms with Crippen molar-refractivity contribution in [2.75, 3.05) is 39.4 Å². The number of fused-ring (bicyclic) bond motifs is 2. The van der Waals surface area contributed by atoms with Gasteiger partial charge in [0.05, 0.1) is 5.56 Å². The van der Waals surface area contributed by atoms with Crippen LogP contribution in [0.2, 0.25) is 0 Å². The number of para-hydroxylation sites is 1. The second-order valence-corrected chi connectivity index (χ2v) is 7.64. The Morgan fingerprint density at radius 2 is 1.70 bits per heavy atom. The van der Waals surface area contributed by atoms with E-state index in [1.807, 2.05) is 41.3 Å². The highest BCUT2D eigenvalue weighted by Crippen LogP contribution is 2.31. The maximum Gasteiger partial charge on any atom is 0.254 e. The quantitative estimate of drug-likeness (QED) is 0.724. The van der Waals surface area contributed by atoms with E-state index in [1.165, 1.54) is 11.6 Å². The van der Waals surface area contributed by atoms with Gasteiger partial charge in [-0.2, -0.15) is 0 Å². The van der Waals surface area contributed by atoms with Crippen LogP contribution < -0.4 is 15.0 Å². The van der Waals surface area contributed by atoms with Crippen LogP contribution in [0.25, 0.3) is 10.9 Å². The molecule has 0 unspecified atom stereocenters. The van der Waals surface area contributed by atoms with Gasteiger partial charge < -0.3 is 19.4 Å². The van der Waals surface area contributed by atoms with Crippen molar-refractivity contribution in [3.8, 4) is 11.5 Å². The number of nitrogens with one attached hydrogen (secondary N) is 1. The van der Waals surface area contributed by atoms with Crippen molar-refractivity contribution in [2.45, 2.75) is 6.54 Å². The molecule has 0 saturated carbocycles. The first-order chi connectivity index (χ1) is 14.7. The summed E-state index contributed by atoms with van der Waals surface area (Å²) in [5.41, 5.74) is 2.06. The van der Waals surface area contributed by atoms with Crippen LogP contribution in [0.3, 0.4) is 0 Å². The van der Waals surface area contributed by atoms with E-state index in [0.29, 0.717) is 37.4 Å². The number of H-pyrrole nitrogens is 1. The molecule has 5 rings (SSSR count). The molecule has 7 nitrogen and oxygen atoms in total. The lowest BCUT2D eigenvalue weighted by atomic mass is 10.1. The Kier molecular flexibility index (Phi) is 4.88. The lowest BCUT2D eigenvalue weighted by Gasteiger charge is -2.35. The van der Waals surface area contributed by atoms with Gasteiger partial charge in [-0.25, -0.2) is 0 Å². The van der Waals surface area contributed by atoms with Gasteiger partial charge in [0.1, 0.15) is 13.2 Å². The van der Waals surface area contributed by atoms with Crippen LogP contribution in [0.4, 0.5) is 0 Å². The molecule has 0 spiro atoms. The Morgan fingerprint density at radius 1 is 0.933 bits per heavy atom. The summed E-state index contributed by atoms with van der Waals surface area (Å²) in [6, 6.07) is 14.9. The molecule has 1 fully saturated rings. The second kappa shape index (κ2) is 7.84. The van der Waals surface area contributed by atoms with E-state index in [1.54, 1.807) is 0 Å². The third-order valence-corrected chi connectivity index (χ3v) is 5.65. The number of ether oxygens (including phenoxy) is 2. The fourth-order valence-corrected chi connectivity index (χ4v) is 4.11. The lowest BCUT2D eigenvalue weighted by Crippen LogP contribution is -2.48. The topological polar surface area (TPSA) is 74.9 Å². The van der Waals surface area contributed by atoms with Crippen molar-refractivity contribution in [3.63, 3.8) is 0 Å². The van der Waals surface area contributed by atoms with Gasteiger partial charge in [0.2, 0.25) is 5.56 Å². The molecule has 0 atom stereocenters. The van der Waals surface area contributed by atoms with E-state index in [2.05, 4.69) is 16.0 Å². The largest absolute Gasteiger partial charge is 0.486 e. The van der Waals surface area contributed by atoms with E-state index >= 15 is 0 Å². The number of carbonyl (C=O) groups is 1. The molecule has 30 heavy (non-hydrogen) atoms. The van der Waals surface area contributed by atoms with Gasteiger partial charge in [-0.1, -0.05) is 24.3 Å². The molecule has 0 bridgehead atoms. The third-order valence-electron chi connectivity index (χ3n) is 5.65. The minimum atomic E-state index is -0.255. The van der Waals surface area contributed by atoms with Crippen molar-refractivity contribution >= 4 is 16.8 Å². The first-order valence-electron chi connectivity index (χ1n) is 10.2. The molecule has 1 saturated heterocycles. The molecule has 3 heterocycles. The maximum absolute atomic E-state index is 13.1. The Hall–Kier alpha value is -3.32. The summed E-state index contributed by atoms with van der Waals surface area (Å²) < 4.78 is 11.3. The smallest absolute Gasteiger partial charge is 0.254 e. The van der Waals surface area contributed by atoms with Crippen LogP contribution in [0.1, 0.15) is 15.9 Å². The molecule has 1 N–H and O–H groups in total. The molecule has 154 valence electrons. The number of piperazine rings is 1. The summed E-state index contributed by atoms with van der Waals surface area (Å²) in [4.78, 5) is 32.1. The average molecular weight is 405 g/mol. The molecule has 3 aromatic rings. The maximum atomic E-state index is 13.1. The van der Waals surface area contributed by atoms with Gasteiger partial charge in [0, 0.05) is 49.7 Å². The van der Waals surface area contributed by atoms with Crippen LogP contribution in [-0.4, -0.2) is 60.1 Å². The van der Waals surface area contributed by atoms with Crippen LogP contribution in [0.5, 0.6) is 11.5 Å². The summed E-state index contributed by atoms with van der Waals surface area (Å²) in [6.45, 7) is 4.78. The SMILES string of the molecule is O=C(c1cc(=O)[nH]c2ccccc12)N1CCN(Cc2ccc3c(c2)OCCO3)CC1. The van der Waals surface area contributed by atoms with E-state index in [9.17, 15) is 9.59 Å². The van der Waals surface area contributed by atoms with E-state index in [-0.39, 0.29) is 11.5 Å². The minimum absolute atomic E-state index is 0.0868. The number of benzene rings is 2. The molecule has 7 heteroatoms. The number of hydrogen-bond acceptors (Lipinski definition) is 5. The average Bonchev–Trinajstić information content (AvgIpc) is 2.78. The Labute approximate surface area is 173 Å². The Morgan fingerprint density at radius 3 is 2.53 bits per heavy atom. The van der Waals surface area contributed by atoms with E-state index in [4.69, 9.17) is 9.47 Å². The molecule has 2 aliphatic heterocycles. The zero-order valence-electron chi connectivity index (χ0n) is 16.6. The highest BCUT2D eigenvalue weighted by molar-refractivity contribution is 6.05. The van der Waals surface area contributed by atoms with E-state index in [0.717, 1.165) is 36.5 Å². The van der Waals surface area contributed by atoms with Crippen LogP contribution in [-0.2, 0) is 6.54 Å². The van der Waals surface area contributed by atoms with Gasteiger partial charge in [-0.15, -0.1) is 0 Å². The molecule has 2 aromatic carbocycles. The number of aromatic nitrogens is 1. The summed E-state index contributed by atoms with van der Waals surface area (Å²) >= 11 is 0. The van der Waals surface area contributed by atoms with Crippen molar-refractivity contribution < 1.29 is 14.3 Å². The molecule has 0 radical (unpaired) electrons. The zero-order valence-corrected chi connectivity index (χ0v) is 16.6. The van der Waals surface area contributed by atoms with Crippen LogP contribution in [0.15, 0.2) is 53.3 Å². The van der Waals surface area contributed by atoms with Crippen LogP contribution in [0, 0.1) is 0 Å². The molecule has 0 aliphatic carbocycles. The number of nitrogens with zero attached hydrogens (tertiary/aromatic N) is 2. The van der Waals surface area contributed by atoms with Crippen molar-refractivity contribution in [1.82, 2.24) is 14.8 Å². The monoisotopic (exact) mass is 405 g/mol. The number of rotatable bonds is 3. The third kappa shape index (κ3) is 3.64. The molecular formula is C23H23N3O4. The number of carbonyl (C=O) groups excluding carboxylic acids is 1. The minimum Gasteiger partial charge on any atom is -0.486 e. The molecular weight excluding hydrogens is 382 g/mol. The predicted octanol–water partition coefficient (Wildman–Crippen LogP) is 2.26. The standard InChI is InChI=1S/C23H23N3O4/c27-22-14-18(17-3-1-2-4-19(17)24-22)23(28)26-9-7-25(8-10-26)15-16-5-6-20-21(13-16)30-12-11-29-20/h1-6,13-14H,7-12,15H2,(H,24,27). The molecule has 1 amide bonds. The zero-order chi connectivity index (χ0) is 20.5. The summed E-state index contributed by atoms with van der Waals surface area (Å²) in [5.74, 6) is 1.51. The van der Waals surface area contributed by atoms with Gasteiger partial charge >= 0.3 is 0 Å². The Balaban J connectivity index is 1.26. The van der Waals surface area contributed by atoms with Crippen molar-refractivity contribution in [1.29, 1.82) is 0 Å². The highest BCUT2D eigenvalue weighted by Gasteiger charge is 2.24. The van der Waals surface area contributed by atoms with E-state index < -0.39 is 0 Å². The fourth-order valence-electron chi connectivity index (χ4n) is 4.11. The second-order valence-electron chi connectivity index (χ2n) is 7.64. The number of hydrogen-bond donors (Lipinski definition) is 1. The summed E-state index contributed by atoms with van der Waals surface area (Å²) in [7, 11) is 0. The predicted molar refractivity (Wildman–Crippen MR) is 113 cm³/mol. The normalized spacial score (nSPS) is 16.6. The number of amides is 1. The first-order valence-corrected chi connectivity index (χ1v) is 10.2. The summed E-state index contributed by atoms with van der Waals surface area (Å²) in [5, 5.41) is 0.779. The van der Waals surface area contributed by atoms with Gasteiger partial charge in [0.15, 0.2) is 11.5 Å². The fraction of sp³-hybridized carbons (Fsp3) is 0.304.